The van der Waals surface area contributed by atoms with Crippen LogP contribution in [0.15, 0.2) is 0 Å². The molecule has 106 valence electrons. The molecule has 0 saturated heterocycles. The van der Waals surface area contributed by atoms with Gasteiger partial charge in [-0.1, -0.05) is 0 Å². The molecule has 6 heteroatoms. The number of hydrogen-bond acceptors (Lipinski definition) is 4. The molecule has 0 aliphatic carbocycles. The van der Waals surface area contributed by atoms with Crippen molar-refractivity contribution < 1.29 is 14.3 Å². The van der Waals surface area contributed by atoms with Crippen molar-refractivity contribution in [3.05, 3.63) is 0 Å². The summed E-state index contributed by atoms with van der Waals surface area (Å²) < 4.78 is 10.0. The summed E-state index contributed by atoms with van der Waals surface area (Å²) in [5, 5.41) is 6.74. The molecule has 0 aromatic rings. The molecule has 0 fully saturated rings. The second-order valence-corrected chi connectivity index (χ2v) is 4.05. The summed E-state index contributed by atoms with van der Waals surface area (Å²) in [5.41, 5.74) is 0. The van der Waals surface area contributed by atoms with Crippen molar-refractivity contribution in [1.29, 1.82) is 0 Å². The summed E-state index contributed by atoms with van der Waals surface area (Å²) >= 11 is 5.08. The van der Waals surface area contributed by atoms with E-state index in [4.69, 9.17) is 21.7 Å². The Labute approximate surface area is 115 Å². The molecule has 5 nitrogen and oxygen atoms in total. The topological polar surface area (TPSA) is 59.6 Å². The van der Waals surface area contributed by atoms with Crippen LogP contribution < -0.4 is 10.6 Å². The van der Waals surface area contributed by atoms with Gasteiger partial charge in [0, 0.05) is 32.7 Å². The summed E-state index contributed by atoms with van der Waals surface area (Å²) in [6.45, 7) is 7.18. The number of thiocarbonyl (C=S) groups is 1. The molecule has 0 heterocycles. The zero-order chi connectivity index (χ0) is 13.6. The van der Waals surface area contributed by atoms with Gasteiger partial charge in [0.1, 0.15) is 0 Å². The van der Waals surface area contributed by atoms with E-state index in [0.717, 1.165) is 32.6 Å². The van der Waals surface area contributed by atoms with Crippen molar-refractivity contribution in [1.82, 2.24) is 10.6 Å². The summed E-state index contributed by atoms with van der Waals surface area (Å²) in [4.78, 5) is 11.0. The number of ether oxygens (including phenoxy) is 2. The van der Waals surface area contributed by atoms with Gasteiger partial charge in [-0.3, -0.25) is 4.79 Å². The molecule has 0 unspecified atom stereocenters. The monoisotopic (exact) mass is 276 g/mol. The lowest BCUT2D eigenvalue weighted by atomic mass is 10.3. The molecule has 18 heavy (non-hydrogen) atoms. The molecule has 0 bridgehead atoms. The molecule has 0 aromatic carbocycles. The number of nitrogens with one attached hydrogen (secondary N) is 2. The van der Waals surface area contributed by atoms with Gasteiger partial charge in [-0.15, -0.1) is 0 Å². The fourth-order valence-electron chi connectivity index (χ4n) is 1.25. The first-order chi connectivity index (χ1) is 8.70. The van der Waals surface area contributed by atoms with Crippen molar-refractivity contribution in [2.24, 2.45) is 0 Å². The lowest BCUT2D eigenvalue weighted by molar-refractivity contribution is -0.143. The average molecular weight is 276 g/mol. The second-order valence-electron chi connectivity index (χ2n) is 3.64. The van der Waals surface area contributed by atoms with Crippen LogP contribution in [0.5, 0.6) is 0 Å². The van der Waals surface area contributed by atoms with Crippen LogP contribution in [0.2, 0.25) is 0 Å². The quantitative estimate of drug-likeness (QED) is 0.355. The fourth-order valence-corrected chi connectivity index (χ4v) is 1.45. The lowest BCUT2D eigenvalue weighted by Crippen LogP contribution is -2.36. The van der Waals surface area contributed by atoms with Gasteiger partial charge in [0.15, 0.2) is 5.11 Å². The standard InChI is InChI=1S/C12H24N2O3S/c1-3-16-10-6-9-14-12(18)13-8-5-7-11(15)17-4-2/h3-10H2,1-2H3,(H2,13,14,18). The molecule has 0 spiro atoms. The van der Waals surface area contributed by atoms with Crippen LogP contribution in [0.1, 0.15) is 33.1 Å². The van der Waals surface area contributed by atoms with Gasteiger partial charge in [0.2, 0.25) is 0 Å². The summed E-state index contributed by atoms with van der Waals surface area (Å²) in [6, 6.07) is 0. The first kappa shape index (κ1) is 17.1. The van der Waals surface area contributed by atoms with Crippen LogP contribution in [0.3, 0.4) is 0 Å². The molecular weight excluding hydrogens is 252 g/mol. The van der Waals surface area contributed by atoms with Crippen molar-refractivity contribution >= 4 is 23.3 Å². The van der Waals surface area contributed by atoms with Crippen LogP contribution in [0.4, 0.5) is 0 Å². The largest absolute Gasteiger partial charge is 0.466 e. The highest BCUT2D eigenvalue weighted by molar-refractivity contribution is 7.80. The van der Waals surface area contributed by atoms with Crippen molar-refractivity contribution in [2.45, 2.75) is 33.1 Å². The maximum Gasteiger partial charge on any atom is 0.305 e. The van der Waals surface area contributed by atoms with Crippen molar-refractivity contribution in [3.63, 3.8) is 0 Å². The predicted molar refractivity (Wildman–Crippen MR) is 75.6 cm³/mol. The molecule has 0 atom stereocenters. The highest BCUT2D eigenvalue weighted by Gasteiger charge is 2.01. The van der Waals surface area contributed by atoms with E-state index in [0.29, 0.717) is 24.7 Å². The summed E-state index contributed by atoms with van der Waals surface area (Å²) in [7, 11) is 0. The van der Waals surface area contributed by atoms with Gasteiger partial charge < -0.3 is 20.1 Å². The molecule has 2 N–H and O–H groups in total. The smallest absolute Gasteiger partial charge is 0.305 e. The van der Waals surface area contributed by atoms with Gasteiger partial charge in [0.05, 0.1) is 6.61 Å². The molecule has 0 aliphatic rings. The van der Waals surface area contributed by atoms with Crippen molar-refractivity contribution in [2.75, 3.05) is 32.9 Å². The molecular formula is C12H24N2O3S. The third kappa shape index (κ3) is 11.6. The minimum Gasteiger partial charge on any atom is -0.466 e. The van der Waals surface area contributed by atoms with E-state index in [1.54, 1.807) is 6.92 Å². The highest BCUT2D eigenvalue weighted by Crippen LogP contribution is 1.91. The SMILES string of the molecule is CCOCCCNC(=S)NCCCC(=O)OCC. The molecule has 0 aliphatic heterocycles. The van der Waals surface area contributed by atoms with Gasteiger partial charge in [-0.25, -0.2) is 0 Å². The Hall–Kier alpha value is -0.880. The van der Waals surface area contributed by atoms with Gasteiger partial charge in [-0.05, 0) is 38.9 Å². The minimum atomic E-state index is -0.158. The number of rotatable bonds is 10. The van der Waals surface area contributed by atoms with E-state index in [1.807, 2.05) is 6.92 Å². The van der Waals surface area contributed by atoms with Crippen LogP contribution in [-0.2, 0) is 14.3 Å². The number of carbonyl (C=O) groups excluding carboxylic acids is 1. The minimum absolute atomic E-state index is 0.158. The predicted octanol–water partition coefficient (Wildman–Crippen LogP) is 1.22. The van der Waals surface area contributed by atoms with Gasteiger partial charge >= 0.3 is 5.97 Å². The number of esters is 1. The van der Waals surface area contributed by atoms with E-state index in [-0.39, 0.29) is 5.97 Å². The van der Waals surface area contributed by atoms with E-state index in [2.05, 4.69) is 10.6 Å². The fraction of sp³-hybridized carbons (Fsp3) is 0.833. The Bertz CT molecular complexity index is 237. The Morgan fingerprint density at radius 1 is 1.11 bits per heavy atom. The molecule has 0 saturated carbocycles. The third-order valence-electron chi connectivity index (χ3n) is 2.10. The van der Waals surface area contributed by atoms with Gasteiger partial charge in [-0.2, -0.15) is 0 Å². The Kier molecular flexibility index (Phi) is 12.0. The first-order valence-corrected chi connectivity index (χ1v) is 6.86. The Morgan fingerprint density at radius 3 is 2.39 bits per heavy atom. The third-order valence-corrected chi connectivity index (χ3v) is 2.39. The van der Waals surface area contributed by atoms with E-state index in [9.17, 15) is 4.79 Å². The van der Waals surface area contributed by atoms with Crippen molar-refractivity contribution in [3.8, 4) is 0 Å². The Morgan fingerprint density at radius 2 is 1.78 bits per heavy atom. The normalized spacial score (nSPS) is 9.89. The molecule has 0 amide bonds. The average Bonchev–Trinajstić information content (AvgIpc) is 2.35. The summed E-state index contributed by atoms with van der Waals surface area (Å²) in [6.07, 6.45) is 2.08. The molecule has 0 rings (SSSR count). The van der Waals surface area contributed by atoms with Crippen LogP contribution in [0, 0.1) is 0 Å². The molecule has 0 radical (unpaired) electrons. The zero-order valence-electron chi connectivity index (χ0n) is 11.3. The number of hydrogen-bond donors (Lipinski definition) is 2. The first-order valence-electron chi connectivity index (χ1n) is 6.45. The zero-order valence-corrected chi connectivity index (χ0v) is 12.1. The lowest BCUT2D eigenvalue weighted by Gasteiger charge is -2.10. The maximum atomic E-state index is 11.0. The number of carbonyl (C=O) groups is 1. The van der Waals surface area contributed by atoms with Crippen LogP contribution >= 0.6 is 12.2 Å². The van der Waals surface area contributed by atoms with Crippen LogP contribution in [0.25, 0.3) is 0 Å². The van der Waals surface area contributed by atoms with E-state index < -0.39 is 0 Å². The second kappa shape index (κ2) is 12.6. The van der Waals surface area contributed by atoms with E-state index >= 15 is 0 Å². The highest BCUT2D eigenvalue weighted by atomic mass is 32.1. The van der Waals surface area contributed by atoms with E-state index in [1.165, 1.54) is 0 Å². The molecule has 0 aromatic heterocycles. The Balaban J connectivity index is 3.29. The van der Waals surface area contributed by atoms with Gasteiger partial charge in [0.25, 0.3) is 0 Å². The van der Waals surface area contributed by atoms with Crippen LogP contribution in [-0.4, -0.2) is 44.0 Å². The summed E-state index contributed by atoms with van der Waals surface area (Å²) in [5.74, 6) is -0.158. The maximum absolute atomic E-state index is 11.0.